The van der Waals surface area contributed by atoms with Gasteiger partial charge in [0.05, 0.1) is 0 Å². The summed E-state index contributed by atoms with van der Waals surface area (Å²) in [4.78, 5) is 14.6. The largest absolute Gasteiger partial charge is 0.342 e. The molecular weight excluding hydrogens is 208 g/mol. The molecule has 78 valence electrons. The van der Waals surface area contributed by atoms with Gasteiger partial charge in [-0.05, 0) is 13.3 Å². The second-order valence-electron chi connectivity index (χ2n) is 3.29. The molecule has 2 rings (SSSR count). The van der Waals surface area contributed by atoms with Crippen LogP contribution in [0.3, 0.4) is 0 Å². The number of imidazole rings is 1. The van der Waals surface area contributed by atoms with Crippen LogP contribution in [0.4, 0.5) is 0 Å². The van der Waals surface area contributed by atoms with Crippen molar-refractivity contribution in [2.45, 2.75) is 20.3 Å². The average Bonchev–Trinajstić information content (AvgIpc) is 2.69. The predicted molar refractivity (Wildman–Crippen MR) is 61.1 cm³/mol. The molecule has 0 fully saturated rings. The van der Waals surface area contributed by atoms with Crippen molar-refractivity contribution in [2.24, 2.45) is 0 Å². The molecule has 0 aliphatic carbocycles. The van der Waals surface area contributed by atoms with E-state index >= 15 is 0 Å². The van der Waals surface area contributed by atoms with E-state index in [9.17, 15) is 0 Å². The Hall–Kier alpha value is -1.49. The fraction of sp³-hybridized carbons (Fsp3) is 0.300. The normalized spacial score (nSPS) is 10.5. The van der Waals surface area contributed by atoms with Crippen LogP contribution >= 0.6 is 12.2 Å². The van der Waals surface area contributed by atoms with Crippen LogP contribution in [0.5, 0.6) is 0 Å². The third kappa shape index (κ3) is 1.83. The fourth-order valence-corrected chi connectivity index (χ4v) is 1.92. The maximum absolute atomic E-state index is 5.23. The number of hydrogen-bond acceptors (Lipinski definition) is 3. The van der Waals surface area contributed by atoms with Crippen molar-refractivity contribution in [3.05, 3.63) is 28.3 Å². The van der Waals surface area contributed by atoms with Gasteiger partial charge in [0, 0.05) is 23.7 Å². The molecule has 0 aliphatic heterocycles. The van der Waals surface area contributed by atoms with Crippen LogP contribution < -0.4 is 0 Å². The van der Waals surface area contributed by atoms with Crippen molar-refractivity contribution in [2.75, 3.05) is 0 Å². The molecule has 0 radical (unpaired) electrons. The van der Waals surface area contributed by atoms with Crippen LogP contribution in [0.1, 0.15) is 18.2 Å². The van der Waals surface area contributed by atoms with Crippen LogP contribution in [0.2, 0.25) is 0 Å². The molecule has 0 unspecified atom stereocenters. The second-order valence-corrected chi connectivity index (χ2v) is 3.67. The minimum Gasteiger partial charge on any atom is -0.342 e. The lowest BCUT2D eigenvalue weighted by atomic mass is 10.2. The molecule has 2 N–H and O–H groups in total. The van der Waals surface area contributed by atoms with Gasteiger partial charge in [0.25, 0.3) is 0 Å². The third-order valence-corrected chi connectivity index (χ3v) is 2.64. The zero-order valence-corrected chi connectivity index (χ0v) is 9.48. The quantitative estimate of drug-likeness (QED) is 0.764. The van der Waals surface area contributed by atoms with Gasteiger partial charge in [-0.1, -0.05) is 19.1 Å². The SMILES string of the molecule is CCc1c(C)[nH]c(-c2ncc[nH]2)nc1=S. The molecule has 2 aromatic rings. The molecule has 0 aromatic carbocycles. The highest BCUT2D eigenvalue weighted by Crippen LogP contribution is 2.13. The van der Waals surface area contributed by atoms with Crippen LogP contribution in [-0.4, -0.2) is 19.9 Å². The van der Waals surface area contributed by atoms with Crippen LogP contribution in [0.25, 0.3) is 11.6 Å². The molecule has 4 nitrogen and oxygen atoms in total. The van der Waals surface area contributed by atoms with Gasteiger partial charge in [0.2, 0.25) is 0 Å². The summed E-state index contributed by atoms with van der Waals surface area (Å²) in [5, 5.41) is 0. The lowest BCUT2D eigenvalue weighted by Crippen LogP contribution is -1.99. The van der Waals surface area contributed by atoms with Crippen LogP contribution in [-0.2, 0) is 6.42 Å². The van der Waals surface area contributed by atoms with Crippen molar-refractivity contribution in [1.29, 1.82) is 0 Å². The number of hydrogen-bond donors (Lipinski definition) is 2. The van der Waals surface area contributed by atoms with Gasteiger partial charge < -0.3 is 9.97 Å². The summed E-state index contributed by atoms with van der Waals surface area (Å²) in [6.07, 6.45) is 4.35. The minimum absolute atomic E-state index is 0.653. The van der Waals surface area contributed by atoms with Crippen molar-refractivity contribution in [3.63, 3.8) is 0 Å². The summed E-state index contributed by atoms with van der Waals surface area (Å²) in [6.45, 7) is 4.07. The van der Waals surface area contributed by atoms with Gasteiger partial charge >= 0.3 is 0 Å². The second kappa shape index (κ2) is 3.94. The van der Waals surface area contributed by atoms with Gasteiger partial charge in [0.1, 0.15) is 4.64 Å². The predicted octanol–water partition coefficient (Wildman–Crippen LogP) is 2.40. The van der Waals surface area contributed by atoms with Crippen molar-refractivity contribution in [3.8, 4) is 11.6 Å². The van der Waals surface area contributed by atoms with E-state index in [1.807, 2.05) is 6.92 Å². The topological polar surface area (TPSA) is 57.4 Å². The first kappa shape index (κ1) is 10.0. The van der Waals surface area contributed by atoms with E-state index in [2.05, 4.69) is 26.9 Å². The van der Waals surface area contributed by atoms with Crippen LogP contribution in [0, 0.1) is 11.6 Å². The fourth-order valence-electron chi connectivity index (χ4n) is 1.53. The molecule has 0 aliphatic rings. The first-order valence-corrected chi connectivity index (χ1v) is 5.22. The number of aromatic amines is 2. The molecule has 0 amide bonds. The average molecular weight is 220 g/mol. The summed E-state index contributed by atoms with van der Waals surface area (Å²) < 4.78 is 0.653. The molecule has 0 atom stereocenters. The van der Waals surface area contributed by atoms with Gasteiger partial charge in [0.15, 0.2) is 11.6 Å². The highest BCUT2D eigenvalue weighted by atomic mass is 32.1. The maximum Gasteiger partial charge on any atom is 0.175 e. The Morgan fingerprint density at radius 1 is 1.40 bits per heavy atom. The maximum atomic E-state index is 5.23. The highest BCUT2D eigenvalue weighted by molar-refractivity contribution is 7.71. The van der Waals surface area contributed by atoms with Crippen molar-refractivity contribution < 1.29 is 0 Å². The standard InChI is InChI=1S/C10H12N4S/c1-3-7-6(2)13-9(14-10(7)15)8-11-4-5-12-8/h4-5H,3H2,1-2H3,(H,11,12)(H,13,14,15). The third-order valence-electron chi connectivity index (χ3n) is 2.31. The molecule has 15 heavy (non-hydrogen) atoms. The molecule has 0 saturated carbocycles. The molecule has 0 bridgehead atoms. The summed E-state index contributed by atoms with van der Waals surface area (Å²) in [5.74, 6) is 1.41. The molecule has 0 spiro atoms. The first-order valence-electron chi connectivity index (χ1n) is 4.82. The van der Waals surface area contributed by atoms with E-state index in [1.54, 1.807) is 12.4 Å². The summed E-state index contributed by atoms with van der Waals surface area (Å²) in [6, 6.07) is 0. The van der Waals surface area contributed by atoms with E-state index in [4.69, 9.17) is 12.2 Å². The first-order chi connectivity index (χ1) is 7.22. The molecule has 0 saturated heterocycles. The Morgan fingerprint density at radius 3 is 2.73 bits per heavy atom. The zero-order valence-electron chi connectivity index (χ0n) is 8.66. The summed E-state index contributed by atoms with van der Waals surface area (Å²) >= 11 is 5.23. The van der Waals surface area contributed by atoms with E-state index in [0.29, 0.717) is 16.3 Å². The number of rotatable bonds is 2. The number of nitrogens with zero attached hydrogens (tertiary/aromatic N) is 2. The number of aromatic nitrogens is 4. The number of H-pyrrole nitrogens is 2. The van der Waals surface area contributed by atoms with Gasteiger partial charge in [-0.3, -0.25) is 0 Å². The van der Waals surface area contributed by atoms with Crippen molar-refractivity contribution >= 4 is 12.2 Å². The van der Waals surface area contributed by atoms with Gasteiger partial charge in [-0.25, -0.2) is 9.97 Å². The lowest BCUT2D eigenvalue weighted by Gasteiger charge is -2.05. The Morgan fingerprint density at radius 2 is 2.20 bits per heavy atom. The van der Waals surface area contributed by atoms with E-state index in [1.165, 1.54) is 0 Å². The monoisotopic (exact) mass is 220 g/mol. The zero-order chi connectivity index (χ0) is 10.8. The smallest absolute Gasteiger partial charge is 0.175 e. The highest BCUT2D eigenvalue weighted by Gasteiger charge is 2.06. The van der Waals surface area contributed by atoms with E-state index < -0.39 is 0 Å². The molecule has 2 heterocycles. The van der Waals surface area contributed by atoms with Crippen LogP contribution in [0.15, 0.2) is 12.4 Å². The van der Waals surface area contributed by atoms with Crippen molar-refractivity contribution in [1.82, 2.24) is 19.9 Å². The molecule has 2 aromatic heterocycles. The van der Waals surface area contributed by atoms with E-state index in [0.717, 1.165) is 17.7 Å². The summed E-state index contributed by atoms with van der Waals surface area (Å²) in [7, 11) is 0. The number of nitrogens with one attached hydrogen (secondary N) is 2. The Labute approximate surface area is 92.8 Å². The van der Waals surface area contributed by atoms with Gasteiger partial charge in [-0.2, -0.15) is 0 Å². The summed E-state index contributed by atoms with van der Waals surface area (Å²) in [5.41, 5.74) is 2.16. The van der Waals surface area contributed by atoms with E-state index in [-0.39, 0.29) is 0 Å². The van der Waals surface area contributed by atoms with Gasteiger partial charge in [-0.15, -0.1) is 0 Å². The molecule has 5 heteroatoms. The Bertz CT molecular complexity index is 513. The Balaban J connectivity index is 2.58. The lowest BCUT2D eigenvalue weighted by molar-refractivity contribution is 0.978. The minimum atomic E-state index is 0.653. The Kier molecular flexibility index (Phi) is 2.64. The number of aryl methyl sites for hydroxylation is 1. The molecular formula is C10H12N4S.